The number of nitrogens with zero attached hydrogens (tertiary/aromatic N) is 1. The van der Waals surface area contributed by atoms with Gasteiger partial charge in [-0.15, -0.1) is 0 Å². The number of hydrogen-bond acceptors (Lipinski definition) is 3. The minimum atomic E-state index is -0.257. The highest BCUT2D eigenvalue weighted by atomic mass is 16.6. The molecule has 2 aromatic rings. The molecule has 27 heavy (non-hydrogen) atoms. The third-order valence-corrected chi connectivity index (χ3v) is 5.83. The molecule has 0 aromatic heterocycles. The molecule has 1 saturated heterocycles. The second-order valence-electron chi connectivity index (χ2n) is 7.71. The van der Waals surface area contributed by atoms with Gasteiger partial charge in [0.2, 0.25) is 0 Å². The average Bonchev–Trinajstić information content (AvgIpc) is 3.07. The Bertz CT molecular complexity index is 729. The normalized spacial score (nSPS) is 21.9. The largest absolute Gasteiger partial charge is 0.446 e. The number of nitrogens with one attached hydrogen (secondary N) is 1. The van der Waals surface area contributed by atoms with Crippen molar-refractivity contribution < 1.29 is 9.53 Å². The highest BCUT2D eigenvalue weighted by Crippen LogP contribution is 2.35. The van der Waals surface area contributed by atoms with Crippen molar-refractivity contribution in [1.29, 1.82) is 0 Å². The third-order valence-electron chi connectivity index (χ3n) is 5.83. The fourth-order valence-corrected chi connectivity index (χ4v) is 4.38. The summed E-state index contributed by atoms with van der Waals surface area (Å²) in [5.41, 5.74) is 6.06. The molecule has 4 rings (SSSR count). The summed E-state index contributed by atoms with van der Waals surface area (Å²) in [4.78, 5) is 12.5. The van der Waals surface area contributed by atoms with Gasteiger partial charge in [-0.2, -0.15) is 0 Å². The summed E-state index contributed by atoms with van der Waals surface area (Å²) in [5, 5.41) is 1.75. The molecule has 142 valence electrons. The van der Waals surface area contributed by atoms with Crippen LogP contribution < -0.4 is 5.43 Å². The number of hydrazine groups is 1. The summed E-state index contributed by atoms with van der Waals surface area (Å²) in [6.07, 6.45) is 6.82. The van der Waals surface area contributed by atoms with Gasteiger partial charge in [0.25, 0.3) is 0 Å². The number of ether oxygens (including phenoxy) is 1. The van der Waals surface area contributed by atoms with E-state index < -0.39 is 0 Å². The maximum atomic E-state index is 12.5. The summed E-state index contributed by atoms with van der Waals surface area (Å²) in [7, 11) is 0. The van der Waals surface area contributed by atoms with E-state index in [0.717, 1.165) is 6.42 Å². The lowest BCUT2D eigenvalue weighted by atomic mass is 9.81. The fraction of sp³-hybridized carbons (Fsp3) is 0.435. The van der Waals surface area contributed by atoms with Crippen LogP contribution in [0.2, 0.25) is 0 Å². The maximum absolute atomic E-state index is 12.5. The van der Waals surface area contributed by atoms with Crippen LogP contribution in [0.1, 0.15) is 49.3 Å². The van der Waals surface area contributed by atoms with E-state index in [2.05, 4.69) is 41.8 Å². The monoisotopic (exact) mass is 364 g/mol. The van der Waals surface area contributed by atoms with Crippen LogP contribution in [0.3, 0.4) is 0 Å². The maximum Gasteiger partial charge on any atom is 0.424 e. The first-order chi connectivity index (χ1) is 13.3. The fourth-order valence-electron chi connectivity index (χ4n) is 4.38. The molecule has 2 aromatic carbocycles. The Labute approximate surface area is 161 Å². The van der Waals surface area contributed by atoms with Crippen molar-refractivity contribution in [2.45, 2.75) is 50.6 Å². The van der Waals surface area contributed by atoms with Gasteiger partial charge < -0.3 is 4.74 Å². The van der Waals surface area contributed by atoms with Crippen LogP contribution in [0.5, 0.6) is 0 Å². The van der Waals surface area contributed by atoms with Gasteiger partial charge in [-0.3, -0.25) is 0 Å². The first-order valence-electron chi connectivity index (χ1n) is 10.1. The molecule has 1 aliphatic carbocycles. The SMILES string of the molecule is O=C1OC[C@H](Cc2ccccc2)N1N[C@@H](c1ccccc1)C1CCCCC1. The van der Waals surface area contributed by atoms with Crippen LogP contribution >= 0.6 is 0 Å². The van der Waals surface area contributed by atoms with E-state index in [-0.39, 0.29) is 18.2 Å². The number of amides is 1. The standard InChI is InChI=1S/C23H28N2O2/c26-23-25(21(17-27-23)16-18-10-4-1-5-11-18)24-22(19-12-6-2-7-13-19)20-14-8-3-9-15-20/h1-2,4-7,10-13,20-22,24H,3,8-9,14-17H2/t21-,22-/m0/s1. The summed E-state index contributed by atoms with van der Waals surface area (Å²) in [6.45, 7) is 0.437. The van der Waals surface area contributed by atoms with E-state index in [1.807, 2.05) is 24.3 Å². The van der Waals surface area contributed by atoms with Crippen LogP contribution in [0.25, 0.3) is 0 Å². The van der Waals surface area contributed by atoms with E-state index in [0.29, 0.717) is 12.5 Å². The molecule has 4 nitrogen and oxygen atoms in total. The molecular formula is C23H28N2O2. The lowest BCUT2D eigenvalue weighted by molar-refractivity contribution is 0.111. The van der Waals surface area contributed by atoms with Crippen molar-refractivity contribution in [2.75, 3.05) is 6.61 Å². The molecule has 0 spiro atoms. The molecular weight excluding hydrogens is 336 g/mol. The predicted octanol–water partition coefficient (Wildman–Crippen LogP) is 4.88. The Kier molecular flexibility index (Phi) is 5.73. The zero-order chi connectivity index (χ0) is 18.5. The van der Waals surface area contributed by atoms with Crippen molar-refractivity contribution in [2.24, 2.45) is 5.92 Å². The molecule has 2 aliphatic rings. The van der Waals surface area contributed by atoms with Gasteiger partial charge in [0, 0.05) is 0 Å². The molecule has 1 heterocycles. The van der Waals surface area contributed by atoms with Gasteiger partial charge >= 0.3 is 6.09 Å². The topological polar surface area (TPSA) is 41.6 Å². The second-order valence-corrected chi connectivity index (χ2v) is 7.71. The van der Waals surface area contributed by atoms with Gasteiger partial charge in [-0.25, -0.2) is 15.2 Å². The predicted molar refractivity (Wildman–Crippen MR) is 106 cm³/mol. The van der Waals surface area contributed by atoms with Gasteiger partial charge in [-0.1, -0.05) is 79.9 Å². The summed E-state index contributed by atoms with van der Waals surface area (Å²) in [5.74, 6) is 0.548. The zero-order valence-corrected chi connectivity index (χ0v) is 15.7. The summed E-state index contributed by atoms with van der Waals surface area (Å²) in [6, 6.07) is 21.0. The molecule has 2 atom stereocenters. The Hall–Kier alpha value is -2.33. The van der Waals surface area contributed by atoms with Crippen LogP contribution in [-0.4, -0.2) is 23.8 Å². The number of carbonyl (C=O) groups excluding carboxylic acids is 1. The molecule has 1 aliphatic heterocycles. The number of carbonyl (C=O) groups is 1. The highest BCUT2D eigenvalue weighted by Gasteiger charge is 2.37. The van der Waals surface area contributed by atoms with Gasteiger partial charge in [0.05, 0.1) is 12.1 Å². The van der Waals surface area contributed by atoms with Crippen LogP contribution in [0.4, 0.5) is 4.79 Å². The van der Waals surface area contributed by atoms with Crippen molar-refractivity contribution in [3.05, 3.63) is 71.8 Å². The smallest absolute Gasteiger partial charge is 0.424 e. The lowest BCUT2D eigenvalue weighted by Crippen LogP contribution is -2.49. The Balaban J connectivity index is 1.53. The van der Waals surface area contributed by atoms with E-state index >= 15 is 0 Å². The molecule has 0 unspecified atom stereocenters. The molecule has 1 saturated carbocycles. The minimum absolute atomic E-state index is 0.0229. The van der Waals surface area contributed by atoms with Crippen molar-refractivity contribution in [1.82, 2.24) is 10.4 Å². The molecule has 0 bridgehead atoms. The van der Waals surface area contributed by atoms with Crippen molar-refractivity contribution in [3.8, 4) is 0 Å². The Morgan fingerprint density at radius 3 is 2.33 bits per heavy atom. The van der Waals surface area contributed by atoms with Gasteiger partial charge in [0.15, 0.2) is 0 Å². The van der Waals surface area contributed by atoms with Crippen molar-refractivity contribution in [3.63, 3.8) is 0 Å². The first kappa shape index (κ1) is 18.1. The molecule has 2 fully saturated rings. The first-order valence-corrected chi connectivity index (χ1v) is 10.1. The number of hydrogen-bond donors (Lipinski definition) is 1. The van der Waals surface area contributed by atoms with Crippen LogP contribution in [-0.2, 0) is 11.2 Å². The van der Waals surface area contributed by atoms with E-state index in [9.17, 15) is 4.79 Å². The minimum Gasteiger partial charge on any atom is -0.446 e. The van der Waals surface area contributed by atoms with E-state index in [4.69, 9.17) is 4.74 Å². The van der Waals surface area contributed by atoms with Gasteiger partial charge in [-0.05, 0) is 36.3 Å². The Morgan fingerprint density at radius 2 is 1.63 bits per heavy atom. The highest BCUT2D eigenvalue weighted by molar-refractivity contribution is 5.69. The number of rotatable bonds is 6. The second kappa shape index (κ2) is 8.57. The number of benzene rings is 2. The van der Waals surface area contributed by atoms with E-state index in [1.54, 1.807) is 5.01 Å². The van der Waals surface area contributed by atoms with Gasteiger partial charge in [0.1, 0.15) is 6.61 Å². The quantitative estimate of drug-likeness (QED) is 0.794. The Morgan fingerprint density at radius 1 is 0.963 bits per heavy atom. The molecule has 0 radical (unpaired) electrons. The third kappa shape index (κ3) is 4.33. The zero-order valence-electron chi connectivity index (χ0n) is 15.7. The van der Waals surface area contributed by atoms with E-state index in [1.165, 1.54) is 43.2 Å². The molecule has 1 amide bonds. The molecule has 1 N–H and O–H groups in total. The lowest BCUT2D eigenvalue weighted by Gasteiger charge is -2.35. The molecule has 4 heteroatoms. The number of cyclic esters (lactones) is 1. The average molecular weight is 364 g/mol. The summed E-state index contributed by atoms with van der Waals surface area (Å²) < 4.78 is 5.40. The summed E-state index contributed by atoms with van der Waals surface area (Å²) >= 11 is 0. The van der Waals surface area contributed by atoms with Crippen molar-refractivity contribution >= 4 is 6.09 Å². The van der Waals surface area contributed by atoms with Crippen LogP contribution in [0, 0.1) is 5.92 Å². The van der Waals surface area contributed by atoms with Crippen LogP contribution in [0.15, 0.2) is 60.7 Å².